The van der Waals surface area contributed by atoms with Gasteiger partial charge in [0.1, 0.15) is 5.65 Å². The lowest BCUT2D eigenvalue weighted by Gasteiger charge is -2.06. The number of nitrogens with one attached hydrogen (secondary N) is 1. The van der Waals surface area contributed by atoms with Gasteiger partial charge in [-0.25, -0.2) is 9.78 Å². The first-order chi connectivity index (χ1) is 8.70. The van der Waals surface area contributed by atoms with Crippen LogP contribution in [0.2, 0.25) is 0 Å². The van der Waals surface area contributed by atoms with Crippen LogP contribution >= 0.6 is 0 Å². The number of nitrogens with zero attached hydrogens (tertiary/aromatic N) is 1. The second-order valence-corrected chi connectivity index (χ2v) is 4.38. The van der Waals surface area contributed by atoms with Crippen LogP contribution in [0.1, 0.15) is 27.9 Å². The SMILES string of the molecule is COC(=O)c1cnc2[nH]c(=O)c3c(c2c1)CCC3. The Labute approximate surface area is 103 Å². The third-order valence-corrected chi connectivity index (χ3v) is 3.36. The Morgan fingerprint density at radius 1 is 1.39 bits per heavy atom. The van der Waals surface area contributed by atoms with Gasteiger partial charge in [0.05, 0.1) is 12.7 Å². The summed E-state index contributed by atoms with van der Waals surface area (Å²) in [5.74, 6) is -0.414. The van der Waals surface area contributed by atoms with E-state index in [1.807, 2.05) is 0 Å². The lowest BCUT2D eigenvalue weighted by atomic mass is 10.1. The van der Waals surface area contributed by atoms with Crippen LogP contribution in [0.25, 0.3) is 11.0 Å². The lowest BCUT2D eigenvalue weighted by molar-refractivity contribution is 0.0600. The molecule has 0 saturated carbocycles. The minimum Gasteiger partial charge on any atom is -0.465 e. The van der Waals surface area contributed by atoms with Crippen LogP contribution < -0.4 is 5.56 Å². The van der Waals surface area contributed by atoms with Gasteiger partial charge in [0.15, 0.2) is 0 Å². The van der Waals surface area contributed by atoms with Gasteiger partial charge in [0.2, 0.25) is 0 Å². The van der Waals surface area contributed by atoms with Gasteiger partial charge in [-0.3, -0.25) is 4.79 Å². The Bertz CT molecular complexity index is 703. The van der Waals surface area contributed by atoms with Gasteiger partial charge >= 0.3 is 5.97 Å². The summed E-state index contributed by atoms with van der Waals surface area (Å²) >= 11 is 0. The summed E-state index contributed by atoms with van der Waals surface area (Å²) in [5, 5.41) is 0.852. The molecule has 3 rings (SSSR count). The molecule has 0 saturated heterocycles. The van der Waals surface area contributed by atoms with E-state index in [-0.39, 0.29) is 5.56 Å². The molecule has 0 aromatic carbocycles. The fourth-order valence-electron chi connectivity index (χ4n) is 2.50. The molecule has 0 bridgehead atoms. The number of hydrogen-bond acceptors (Lipinski definition) is 4. The summed E-state index contributed by atoms with van der Waals surface area (Å²) < 4.78 is 4.68. The van der Waals surface area contributed by atoms with E-state index in [9.17, 15) is 9.59 Å². The molecule has 92 valence electrons. The van der Waals surface area contributed by atoms with E-state index in [0.717, 1.165) is 35.8 Å². The predicted octanol–water partition coefficient (Wildman–Crippen LogP) is 1.20. The fourth-order valence-corrected chi connectivity index (χ4v) is 2.50. The highest BCUT2D eigenvalue weighted by atomic mass is 16.5. The third-order valence-electron chi connectivity index (χ3n) is 3.36. The van der Waals surface area contributed by atoms with E-state index in [4.69, 9.17) is 0 Å². The highest BCUT2D eigenvalue weighted by Crippen LogP contribution is 2.25. The summed E-state index contributed by atoms with van der Waals surface area (Å²) in [6.07, 6.45) is 4.05. The molecule has 0 spiro atoms. The largest absolute Gasteiger partial charge is 0.465 e. The zero-order valence-corrected chi connectivity index (χ0v) is 9.95. The minimum absolute atomic E-state index is 0.0617. The molecule has 5 nitrogen and oxygen atoms in total. The lowest BCUT2D eigenvalue weighted by Crippen LogP contribution is -2.13. The third kappa shape index (κ3) is 1.51. The van der Waals surface area contributed by atoms with Gasteiger partial charge in [-0.05, 0) is 30.9 Å². The van der Waals surface area contributed by atoms with Gasteiger partial charge in [0.25, 0.3) is 5.56 Å². The molecule has 2 heterocycles. The predicted molar refractivity (Wildman–Crippen MR) is 65.7 cm³/mol. The topological polar surface area (TPSA) is 72.0 Å². The monoisotopic (exact) mass is 244 g/mol. The molecule has 2 aromatic heterocycles. The molecule has 0 atom stereocenters. The zero-order chi connectivity index (χ0) is 12.7. The highest BCUT2D eigenvalue weighted by molar-refractivity contribution is 5.94. The molecule has 0 unspecified atom stereocenters. The Kier molecular flexibility index (Phi) is 2.40. The molecule has 1 aliphatic carbocycles. The second kappa shape index (κ2) is 3.94. The molecule has 0 aliphatic heterocycles. The first-order valence-corrected chi connectivity index (χ1v) is 5.83. The van der Waals surface area contributed by atoms with Crippen molar-refractivity contribution in [3.05, 3.63) is 39.3 Å². The van der Waals surface area contributed by atoms with E-state index >= 15 is 0 Å². The van der Waals surface area contributed by atoms with Crippen LogP contribution in [0.4, 0.5) is 0 Å². The minimum atomic E-state index is -0.414. The highest BCUT2D eigenvalue weighted by Gasteiger charge is 2.19. The smallest absolute Gasteiger partial charge is 0.339 e. The Morgan fingerprint density at radius 3 is 2.94 bits per heavy atom. The number of carbonyl (C=O) groups excluding carboxylic acids is 1. The normalized spacial score (nSPS) is 13.6. The summed E-state index contributed by atoms with van der Waals surface area (Å²) in [5.41, 5.74) is 2.73. The average Bonchev–Trinajstić information content (AvgIpc) is 2.88. The van der Waals surface area contributed by atoms with Crippen LogP contribution in [0.15, 0.2) is 17.1 Å². The number of esters is 1. The summed E-state index contributed by atoms with van der Waals surface area (Å²) in [4.78, 5) is 30.2. The maximum atomic E-state index is 11.8. The molecule has 0 radical (unpaired) electrons. The van der Waals surface area contributed by atoms with Crippen LogP contribution in [0, 0.1) is 0 Å². The maximum absolute atomic E-state index is 11.8. The van der Waals surface area contributed by atoms with Gasteiger partial charge in [-0.15, -0.1) is 0 Å². The van der Waals surface area contributed by atoms with Crippen molar-refractivity contribution >= 4 is 17.0 Å². The Morgan fingerprint density at radius 2 is 2.17 bits per heavy atom. The van der Waals surface area contributed by atoms with Crippen molar-refractivity contribution < 1.29 is 9.53 Å². The van der Waals surface area contributed by atoms with E-state index in [0.29, 0.717) is 11.2 Å². The van der Waals surface area contributed by atoms with Crippen LogP contribution in [0.5, 0.6) is 0 Å². The Hall–Kier alpha value is -2.17. The second-order valence-electron chi connectivity index (χ2n) is 4.38. The molecular formula is C13H12N2O3. The molecule has 0 fully saturated rings. The molecule has 1 N–H and O–H groups in total. The van der Waals surface area contributed by atoms with Crippen molar-refractivity contribution in [3.8, 4) is 0 Å². The number of carbonyl (C=O) groups is 1. The number of aromatic nitrogens is 2. The number of ether oxygens (including phenoxy) is 1. The average molecular weight is 244 g/mol. The summed E-state index contributed by atoms with van der Waals surface area (Å²) in [7, 11) is 1.34. The number of methoxy groups -OCH3 is 1. The molecule has 18 heavy (non-hydrogen) atoms. The van der Waals surface area contributed by atoms with Crippen LogP contribution in [-0.2, 0) is 17.6 Å². The van der Waals surface area contributed by atoms with Crippen molar-refractivity contribution in [2.24, 2.45) is 0 Å². The quantitative estimate of drug-likeness (QED) is 0.765. The van der Waals surface area contributed by atoms with E-state index in [2.05, 4.69) is 14.7 Å². The van der Waals surface area contributed by atoms with Crippen molar-refractivity contribution in [2.75, 3.05) is 7.11 Å². The molecule has 5 heteroatoms. The van der Waals surface area contributed by atoms with Crippen molar-refractivity contribution in [1.82, 2.24) is 9.97 Å². The number of rotatable bonds is 1. The number of aromatic amines is 1. The molecule has 0 amide bonds. The van der Waals surface area contributed by atoms with E-state index in [1.165, 1.54) is 13.3 Å². The number of fused-ring (bicyclic) bond motifs is 3. The van der Waals surface area contributed by atoms with Gasteiger partial charge in [0, 0.05) is 17.1 Å². The van der Waals surface area contributed by atoms with Crippen LogP contribution in [-0.4, -0.2) is 23.0 Å². The van der Waals surface area contributed by atoms with E-state index < -0.39 is 5.97 Å². The number of aryl methyl sites for hydroxylation is 1. The standard InChI is InChI=1S/C13H12N2O3/c1-18-13(17)7-5-10-8-3-2-4-9(8)12(16)15-11(10)14-6-7/h5-6H,2-4H2,1H3,(H,14,15,16). The van der Waals surface area contributed by atoms with Crippen LogP contribution in [0.3, 0.4) is 0 Å². The summed E-state index contributed by atoms with van der Waals surface area (Å²) in [6, 6.07) is 1.74. The zero-order valence-electron chi connectivity index (χ0n) is 9.95. The maximum Gasteiger partial charge on any atom is 0.339 e. The Balaban J connectivity index is 2.31. The molecule has 1 aliphatic rings. The number of pyridine rings is 2. The summed E-state index contributed by atoms with van der Waals surface area (Å²) in [6.45, 7) is 0. The van der Waals surface area contributed by atoms with E-state index in [1.54, 1.807) is 6.07 Å². The van der Waals surface area contributed by atoms with Crippen molar-refractivity contribution in [1.29, 1.82) is 0 Å². The molecule has 2 aromatic rings. The fraction of sp³-hybridized carbons (Fsp3) is 0.308. The van der Waals surface area contributed by atoms with Crippen molar-refractivity contribution in [3.63, 3.8) is 0 Å². The number of hydrogen-bond donors (Lipinski definition) is 1. The molecular weight excluding hydrogens is 232 g/mol. The van der Waals surface area contributed by atoms with Gasteiger partial charge in [-0.2, -0.15) is 0 Å². The number of H-pyrrole nitrogens is 1. The van der Waals surface area contributed by atoms with Crippen molar-refractivity contribution in [2.45, 2.75) is 19.3 Å². The first kappa shape index (κ1) is 11.0. The van der Waals surface area contributed by atoms with Gasteiger partial charge in [-0.1, -0.05) is 0 Å². The van der Waals surface area contributed by atoms with Gasteiger partial charge < -0.3 is 9.72 Å². The first-order valence-electron chi connectivity index (χ1n) is 5.83.